The fraction of sp³-hybridized carbons (Fsp3) is 0.467. The van der Waals surface area contributed by atoms with Gasteiger partial charge in [0.25, 0.3) is 21.8 Å². The van der Waals surface area contributed by atoms with Crippen LogP contribution in [0.5, 0.6) is 0 Å². The van der Waals surface area contributed by atoms with Crippen molar-refractivity contribution in [1.82, 2.24) is 14.5 Å². The maximum absolute atomic E-state index is 12.7. The van der Waals surface area contributed by atoms with Gasteiger partial charge in [-0.25, -0.2) is 12.7 Å². The Bertz CT molecular complexity index is 781. The second-order valence-electron chi connectivity index (χ2n) is 5.74. The summed E-state index contributed by atoms with van der Waals surface area (Å²) in [6.45, 7) is 5.61. The van der Waals surface area contributed by atoms with Crippen molar-refractivity contribution in [3.63, 3.8) is 0 Å². The third kappa shape index (κ3) is 2.78. The van der Waals surface area contributed by atoms with Gasteiger partial charge in [-0.05, 0) is 32.0 Å². The van der Waals surface area contributed by atoms with Gasteiger partial charge >= 0.3 is 0 Å². The summed E-state index contributed by atoms with van der Waals surface area (Å²) in [5.41, 5.74) is 0.434. The maximum Gasteiger partial charge on any atom is 0.268 e. The summed E-state index contributed by atoms with van der Waals surface area (Å²) < 4.78 is 25.7. The van der Waals surface area contributed by atoms with E-state index in [-0.39, 0.29) is 41.4 Å². The normalized spacial score (nSPS) is 22.1. The quantitative estimate of drug-likeness (QED) is 0.824. The topological polar surface area (TPSA) is 86.8 Å². The number of nitrogens with one attached hydrogen (secondary N) is 1. The molecule has 1 fully saturated rings. The van der Waals surface area contributed by atoms with Crippen LogP contribution < -0.4 is 5.32 Å². The van der Waals surface area contributed by atoms with Crippen LogP contribution in [0.2, 0.25) is 0 Å². The molecule has 2 heterocycles. The highest BCUT2D eigenvalue weighted by atomic mass is 35.5. The van der Waals surface area contributed by atoms with Crippen LogP contribution >= 0.6 is 12.4 Å². The molecule has 0 unspecified atom stereocenters. The molecule has 2 aliphatic rings. The number of amides is 2. The molecule has 0 aromatic heterocycles. The van der Waals surface area contributed by atoms with Gasteiger partial charge < -0.3 is 10.2 Å². The molecule has 7 nitrogen and oxygen atoms in total. The number of benzene rings is 1. The zero-order valence-corrected chi connectivity index (χ0v) is 15.1. The Morgan fingerprint density at radius 1 is 1.38 bits per heavy atom. The summed E-state index contributed by atoms with van der Waals surface area (Å²) in [6, 6.07) is 4.33. The van der Waals surface area contributed by atoms with Crippen molar-refractivity contribution in [1.29, 1.82) is 0 Å². The van der Waals surface area contributed by atoms with Crippen molar-refractivity contribution in [2.45, 2.75) is 24.8 Å². The van der Waals surface area contributed by atoms with Crippen molar-refractivity contribution in [2.24, 2.45) is 0 Å². The van der Waals surface area contributed by atoms with Gasteiger partial charge in [-0.1, -0.05) is 0 Å². The Labute approximate surface area is 147 Å². The Morgan fingerprint density at radius 2 is 2.08 bits per heavy atom. The first kappa shape index (κ1) is 18.7. The van der Waals surface area contributed by atoms with Crippen LogP contribution in [0.4, 0.5) is 0 Å². The van der Waals surface area contributed by atoms with Crippen LogP contribution in [0, 0.1) is 0 Å². The van der Waals surface area contributed by atoms with Crippen molar-refractivity contribution in [3.8, 4) is 0 Å². The molecule has 0 aliphatic carbocycles. The monoisotopic (exact) mass is 373 g/mol. The lowest BCUT2D eigenvalue weighted by Gasteiger charge is -2.34. The average Bonchev–Trinajstić information content (AvgIpc) is 2.73. The Morgan fingerprint density at radius 3 is 2.71 bits per heavy atom. The first-order chi connectivity index (χ1) is 10.9. The smallest absolute Gasteiger partial charge is 0.268 e. The lowest BCUT2D eigenvalue weighted by atomic mass is 10.1. The number of piperazine rings is 1. The molecule has 3 rings (SSSR count). The van der Waals surface area contributed by atoms with E-state index >= 15 is 0 Å². The summed E-state index contributed by atoms with van der Waals surface area (Å²) in [5.74, 6) is -0.739. The van der Waals surface area contributed by atoms with Gasteiger partial charge in [0.05, 0.1) is 5.56 Å². The highest BCUT2D eigenvalue weighted by Gasteiger charge is 2.40. The molecule has 132 valence electrons. The van der Waals surface area contributed by atoms with Crippen LogP contribution in [-0.4, -0.2) is 61.7 Å². The lowest BCUT2D eigenvalue weighted by Crippen LogP contribution is -2.52. The van der Waals surface area contributed by atoms with Crippen molar-refractivity contribution >= 4 is 34.2 Å². The lowest BCUT2D eigenvalue weighted by molar-refractivity contribution is 0.0655. The van der Waals surface area contributed by atoms with Crippen LogP contribution in [0.15, 0.2) is 23.1 Å². The van der Waals surface area contributed by atoms with Crippen LogP contribution in [0.25, 0.3) is 0 Å². The summed E-state index contributed by atoms with van der Waals surface area (Å²) in [5, 5.41) is 3.20. The predicted octanol–water partition coefficient (Wildman–Crippen LogP) is 0.707. The number of carbonyl (C=O) groups is 2. The van der Waals surface area contributed by atoms with Crippen LogP contribution in [-0.2, 0) is 10.0 Å². The van der Waals surface area contributed by atoms with E-state index in [1.807, 2.05) is 6.92 Å². The molecule has 0 spiro atoms. The number of carbonyl (C=O) groups excluding carboxylic acids is 2. The fourth-order valence-electron chi connectivity index (χ4n) is 3.03. The summed E-state index contributed by atoms with van der Waals surface area (Å²) >= 11 is 0. The van der Waals surface area contributed by atoms with E-state index in [1.165, 1.54) is 18.2 Å². The predicted molar refractivity (Wildman–Crippen MR) is 91.0 cm³/mol. The Balaban J connectivity index is 0.00000208. The first-order valence-electron chi connectivity index (χ1n) is 7.60. The number of sulfonamides is 1. The Hall–Kier alpha value is -1.64. The van der Waals surface area contributed by atoms with E-state index in [1.54, 1.807) is 11.8 Å². The molecule has 1 aromatic rings. The van der Waals surface area contributed by atoms with Crippen LogP contribution in [0.3, 0.4) is 0 Å². The van der Waals surface area contributed by atoms with E-state index in [0.717, 1.165) is 4.31 Å². The molecular formula is C15H20ClN3O4S. The van der Waals surface area contributed by atoms with Gasteiger partial charge in [-0.2, -0.15) is 0 Å². The minimum absolute atomic E-state index is 0. The van der Waals surface area contributed by atoms with Crippen LogP contribution in [0.1, 0.15) is 34.6 Å². The number of halogens is 1. The minimum Gasteiger partial charge on any atom is -0.333 e. The number of hydrogen-bond acceptors (Lipinski definition) is 5. The summed E-state index contributed by atoms with van der Waals surface area (Å²) in [7, 11) is -3.85. The largest absolute Gasteiger partial charge is 0.333 e. The third-order valence-corrected chi connectivity index (χ3v) is 6.20. The van der Waals surface area contributed by atoms with E-state index in [9.17, 15) is 18.0 Å². The molecule has 9 heteroatoms. The van der Waals surface area contributed by atoms with Gasteiger partial charge in [0.2, 0.25) is 0 Å². The van der Waals surface area contributed by atoms with Gasteiger partial charge in [-0.3, -0.25) is 9.59 Å². The highest BCUT2D eigenvalue weighted by molar-refractivity contribution is 7.90. The Kier molecular flexibility index (Phi) is 5.22. The van der Waals surface area contributed by atoms with Crippen molar-refractivity contribution < 1.29 is 18.0 Å². The molecule has 0 bridgehead atoms. The molecule has 2 aliphatic heterocycles. The van der Waals surface area contributed by atoms with Gasteiger partial charge in [0.1, 0.15) is 4.90 Å². The number of fused-ring (bicyclic) bond motifs is 1. The third-order valence-electron chi connectivity index (χ3n) is 4.30. The van der Waals surface area contributed by atoms with Crippen molar-refractivity contribution in [3.05, 3.63) is 29.3 Å². The molecule has 2 amide bonds. The minimum atomic E-state index is -3.85. The second kappa shape index (κ2) is 6.70. The number of rotatable bonds is 2. The zero-order valence-electron chi connectivity index (χ0n) is 13.5. The number of nitrogens with zero attached hydrogens (tertiary/aromatic N) is 2. The zero-order chi connectivity index (χ0) is 16.8. The molecule has 24 heavy (non-hydrogen) atoms. The molecule has 1 atom stereocenters. The molecular weight excluding hydrogens is 354 g/mol. The fourth-order valence-corrected chi connectivity index (χ4v) is 4.63. The molecule has 0 radical (unpaired) electrons. The van der Waals surface area contributed by atoms with E-state index < -0.39 is 15.9 Å². The van der Waals surface area contributed by atoms with Gasteiger partial charge in [0, 0.05) is 37.8 Å². The second-order valence-corrected chi connectivity index (χ2v) is 7.57. The summed E-state index contributed by atoms with van der Waals surface area (Å²) in [6.07, 6.45) is 0. The summed E-state index contributed by atoms with van der Waals surface area (Å²) in [4.78, 5) is 26.4. The highest BCUT2D eigenvalue weighted by Crippen LogP contribution is 2.31. The SMILES string of the molecule is CCN1C(=O)c2ccc(C(=O)N3CCNC[C@H]3C)cc2S1(=O)=O.Cl. The van der Waals surface area contributed by atoms with E-state index in [4.69, 9.17) is 0 Å². The van der Waals surface area contributed by atoms with Gasteiger partial charge in [0.15, 0.2) is 0 Å². The number of hydrogen-bond donors (Lipinski definition) is 1. The molecule has 1 saturated heterocycles. The molecule has 0 saturated carbocycles. The first-order valence-corrected chi connectivity index (χ1v) is 9.04. The molecule has 1 aromatic carbocycles. The molecule has 1 N–H and O–H groups in total. The van der Waals surface area contributed by atoms with Crippen molar-refractivity contribution in [2.75, 3.05) is 26.2 Å². The maximum atomic E-state index is 12.7. The average molecular weight is 374 g/mol. The standard InChI is InChI=1S/C15H19N3O4S.ClH/c1-3-18-15(20)12-5-4-11(8-13(12)23(18,21)22)14(19)17-7-6-16-9-10(17)2;/h4-5,8,10,16H,3,6-7,9H2,1-2H3;1H/t10-;/m1./s1. The van der Waals surface area contributed by atoms with Gasteiger partial charge in [-0.15, -0.1) is 12.4 Å². The van der Waals surface area contributed by atoms with E-state index in [2.05, 4.69) is 5.32 Å². The van der Waals surface area contributed by atoms with E-state index in [0.29, 0.717) is 25.2 Å².